The molecule has 26 aliphatic rings. The second-order valence-corrected chi connectivity index (χ2v) is 75.1. The van der Waals surface area contributed by atoms with Gasteiger partial charge in [0, 0.05) is 0 Å². The molecule has 0 nitrogen and oxygen atoms in total. The Balaban J connectivity index is 0.792. The van der Waals surface area contributed by atoms with Crippen LogP contribution in [0.1, 0.15) is 128 Å². The first kappa shape index (κ1) is 35.8. The molecule has 1 spiro atoms. The summed E-state index contributed by atoms with van der Waals surface area (Å²) >= 11 is 0. The first-order valence-electron chi connectivity index (χ1n) is 29.8. The monoisotopic (exact) mass is 959 g/mol. The molecule has 0 aromatic rings. The van der Waals surface area contributed by atoms with E-state index in [-0.39, 0.29) is 15.8 Å². The van der Waals surface area contributed by atoms with Crippen molar-refractivity contribution < 1.29 is 6.51 Å². The summed E-state index contributed by atoms with van der Waals surface area (Å²) in [5, 5.41) is 0. The van der Waals surface area contributed by atoms with E-state index >= 15 is 0 Å². The van der Waals surface area contributed by atoms with Gasteiger partial charge in [-0.15, -0.1) is 0 Å². The van der Waals surface area contributed by atoms with E-state index in [1.54, 1.807) is 128 Å². The Morgan fingerprint density at radius 1 is 0.365 bits per heavy atom. The van der Waals surface area contributed by atoms with Crippen LogP contribution in [0.15, 0.2) is 0 Å². The minimum atomic E-state index is -4.26. The molecule has 10 saturated heterocycles. The van der Waals surface area contributed by atoms with Crippen LogP contribution in [0.2, 0.25) is 84.7 Å². The summed E-state index contributed by atoms with van der Waals surface area (Å²) in [7, 11) is -2.50. The molecule has 63 heavy (non-hydrogen) atoms. The van der Waals surface area contributed by atoms with Gasteiger partial charge in [0.1, 0.15) is 0 Å². The molecule has 16 bridgehead atoms. The summed E-state index contributed by atoms with van der Waals surface area (Å²) in [6.07, 6.45) is 38.7. The Bertz CT molecular complexity index is 2500. The molecular formula is C58H88FeP2Si2. The van der Waals surface area contributed by atoms with Crippen molar-refractivity contribution in [3.8, 4) is 0 Å². The van der Waals surface area contributed by atoms with Gasteiger partial charge in [-0.3, -0.25) is 0 Å². The molecule has 26 rings (SSSR count). The van der Waals surface area contributed by atoms with Crippen molar-refractivity contribution in [1.29, 1.82) is 0 Å². The van der Waals surface area contributed by atoms with Crippen molar-refractivity contribution in [2.75, 3.05) is 12.3 Å². The van der Waals surface area contributed by atoms with E-state index in [9.17, 15) is 0 Å². The minimum absolute atomic E-state index is 0.171. The molecular weight excluding hydrogens is 871 g/mol. The average Bonchev–Trinajstić information content (AvgIpc) is 4.15. The van der Waals surface area contributed by atoms with Crippen molar-refractivity contribution in [3.05, 3.63) is 0 Å². The number of rotatable bonds is 10. The third kappa shape index (κ3) is 1.43. The van der Waals surface area contributed by atoms with E-state index in [2.05, 4.69) is 51.6 Å². The van der Waals surface area contributed by atoms with E-state index in [1.807, 2.05) is 0 Å². The van der Waals surface area contributed by atoms with Crippen LogP contribution in [0.25, 0.3) is 0 Å². The number of fused-ring (bicyclic) bond motifs is 10. The Kier molecular flexibility index (Phi) is 4.02. The molecule has 0 amide bonds. The predicted octanol–water partition coefficient (Wildman–Crippen LogP) is 16.9. The van der Waals surface area contributed by atoms with Crippen molar-refractivity contribution in [1.82, 2.24) is 0 Å². The van der Waals surface area contributed by atoms with Gasteiger partial charge in [0.25, 0.3) is 0 Å². The van der Waals surface area contributed by atoms with Crippen LogP contribution in [0.5, 0.6) is 0 Å². The maximum absolute atomic E-state index is 4.26. The first-order valence-corrected chi connectivity index (χ1v) is 46.2. The van der Waals surface area contributed by atoms with Gasteiger partial charge in [-0.25, -0.2) is 0 Å². The number of hydrogen-bond acceptors (Lipinski definition) is 0. The van der Waals surface area contributed by atoms with Crippen LogP contribution in [0.4, 0.5) is 0 Å². The second-order valence-electron chi connectivity index (χ2n) is 35.7. The van der Waals surface area contributed by atoms with Gasteiger partial charge >= 0.3 is 381 Å². The normalized spacial score (nSPS) is 81.0. The summed E-state index contributed by atoms with van der Waals surface area (Å²) in [6, 6.07) is 0. The molecule has 0 aromatic carbocycles. The van der Waals surface area contributed by atoms with Gasteiger partial charge in [0.15, 0.2) is 0 Å². The van der Waals surface area contributed by atoms with Crippen LogP contribution in [-0.4, -0.2) is 51.1 Å². The van der Waals surface area contributed by atoms with Crippen molar-refractivity contribution >= 4 is 32.0 Å². The van der Waals surface area contributed by atoms with E-state index in [1.165, 1.54) is 146 Å². The average molecular weight is 959 g/mol. The molecule has 0 N–H and O–H groups in total. The molecule has 10 aliphatic heterocycles. The molecule has 5 atom stereocenters. The number of hydrogen-bond donors (Lipinski definition) is 0. The van der Waals surface area contributed by atoms with Crippen molar-refractivity contribution in [3.63, 3.8) is 0 Å². The van der Waals surface area contributed by atoms with Crippen LogP contribution in [0, 0.1) is 94.7 Å². The Morgan fingerprint density at radius 2 is 0.635 bits per heavy atom. The molecule has 346 valence electrons. The Labute approximate surface area is 378 Å². The quantitative estimate of drug-likeness (QED) is 0.151. The van der Waals surface area contributed by atoms with E-state index in [0.29, 0.717) is 0 Å². The van der Waals surface area contributed by atoms with Crippen LogP contribution in [0.3, 0.4) is 0 Å². The maximum atomic E-state index is 3.21. The second kappa shape index (κ2) is 7.06. The van der Waals surface area contributed by atoms with Crippen molar-refractivity contribution in [2.24, 2.45) is 94.7 Å². The molecule has 5 heteroatoms. The molecule has 10 heterocycles. The summed E-state index contributed by atoms with van der Waals surface area (Å²) in [5.41, 5.74) is 5.08. The van der Waals surface area contributed by atoms with Gasteiger partial charge in [-0.1, -0.05) is 0 Å². The first-order chi connectivity index (χ1) is 30.1. The zero-order valence-electron chi connectivity index (χ0n) is 40.8. The summed E-state index contributed by atoms with van der Waals surface area (Å²) < 4.78 is 4.37. The van der Waals surface area contributed by atoms with Gasteiger partial charge < -0.3 is 0 Å². The molecule has 16 aliphatic carbocycles. The van der Waals surface area contributed by atoms with Gasteiger partial charge in [0.05, 0.1) is 0 Å². The van der Waals surface area contributed by atoms with Gasteiger partial charge in [-0.2, -0.15) is 0 Å². The molecule has 0 aromatic heterocycles. The Hall–Kier alpha value is 1.81. The van der Waals surface area contributed by atoms with Gasteiger partial charge in [0.2, 0.25) is 0 Å². The fourth-order valence-electron chi connectivity index (χ4n) is 42.7. The Morgan fingerprint density at radius 3 is 0.873 bits per heavy atom. The summed E-state index contributed by atoms with van der Waals surface area (Å²) in [4.78, 5) is 9.00. The van der Waals surface area contributed by atoms with Crippen LogP contribution in [-0.2, 0) is 6.51 Å². The SMILES string of the molecule is C[Si](C)(C)[C]12[CH]3[C]4(CP(C5C6CC7CC(C6)CC5C7)C5C6CC7CC(C6)CC5C7)[C]5(CP(C6C7CC8CC(C7)CC6C8)C6C7CC8CC(C7)CC6C8)[C]1([Si](C)(C)C)[Fe]34521678[CH]2[CH]1[CH]6[CH]7[CH]28. The van der Waals surface area contributed by atoms with E-state index < -0.39 is 22.7 Å². The fourth-order valence-corrected chi connectivity index (χ4v) is 195. The summed E-state index contributed by atoms with van der Waals surface area (Å²) in [6.45, 7) is 14.8. The molecule has 16 saturated carbocycles. The zero-order valence-corrected chi connectivity index (χ0v) is 45.7. The zero-order chi connectivity index (χ0) is 41.0. The van der Waals surface area contributed by atoms with Gasteiger partial charge in [-0.05, 0) is 0 Å². The van der Waals surface area contributed by atoms with E-state index in [4.69, 9.17) is 0 Å². The standard InChI is InChI=1S/C53H83P2Si2.C5H5.Fe/c1-56(2,3)48-27-46(28-54(49-38-11-30-7-31(13-38)14-39(49)12-30)50-40-15-32-8-33(17-40)18-41(50)16-32)47(53(48)57(4,5)6)29-55(51-42-19-34-9-35(21-42)22-43(51)20-34)52-44-23-36-10-37(25-44)26-45(52)24-36;1-2-4-5-3-1;/h27,30-45,49-52H,7-26,28-29H2,1-6H3;1-5H;. The summed E-state index contributed by atoms with van der Waals surface area (Å²) in [5.74, 6) is 19.1. The van der Waals surface area contributed by atoms with Crippen LogP contribution < -0.4 is 0 Å². The van der Waals surface area contributed by atoms with Crippen molar-refractivity contribution in [2.45, 2.75) is 236 Å². The topological polar surface area (TPSA) is 0 Å². The predicted molar refractivity (Wildman–Crippen MR) is 267 cm³/mol. The molecule has 26 fully saturated rings. The molecule has 5 unspecified atom stereocenters. The third-order valence-electron chi connectivity index (χ3n) is 37.0. The van der Waals surface area contributed by atoms with Crippen LogP contribution >= 0.6 is 15.8 Å². The fraction of sp³-hybridized carbons (Fsp3) is 1.00. The molecule has 0 radical (unpaired) electrons. The third-order valence-corrected chi connectivity index (χ3v) is 109. The van der Waals surface area contributed by atoms with E-state index in [0.717, 1.165) is 16.5 Å².